The van der Waals surface area contributed by atoms with E-state index < -0.39 is 22.7 Å². The molecule has 3 aromatic carbocycles. The summed E-state index contributed by atoms with van der Waals surface area (Å²) in [6.07, 6.45) is 9.87. The van der Waals surface area contributed by atoms with E-state index in [9.17, 15) is 30.7 Å². The molecule has 0 aromatic heterocycles. The van der Waals surface area contributed by atoms with Crippen LogP contribution < -0.4 is 9.47 Å². The molecule has 3 aromatic rings. The predicted molar refractivity (Wildman–Crippen MR) is 239 cm³/mol. The Kier molecular flexibility index (Phi) is 17.2. The topological polar surface area (TPSA) is 206 Å². The molecule has 3 aliphatic rings. The summed E-state index contributed by atoms with van der Waals surface area (Å²) >= 11 is 0. The Morgan fingerprint density at radius 3 is 2.38 bits per heavy atom. The van der Waals surface area contributed by atoms with E-state index in [2.05, 4.69) is 25.3 Å². The van der Waals surface area contributed by atoms with Gasteiger partial charge in [-0.3, -0.25) is 14.9 Å². The number of nitrogens with zero attached hydrogens (tertiary/aromatic N) is 4. The Hall–Kier alpha value is -5.89. The van der Waals surface area contributed by atoms with Gasteiger partial charge < -0.3 is 44.0 Å². The van der Waals surface area contributed by atoms with E-state index in [0.29, 0.717) is 46.7 Å². The fourth-order valence-corrected chi connectivity index (χ4v) is 9.37. The first-order valence-corrected chi connectivity index (χ1v) is 21.9. The summed E-state index contributed by atoms with van der Waals surface area (Å²) in [5.41, 5.74) is 3.59. The number of unbranched alkanes of at least 4 members (excludes halogenated alkanes) is 2. The molecule has 1 aliphatic heterocycles. The van der Waals surface area contributed by atoms with Crippen molar-refractivity contribution in [3.8, 4) is 17.6 Å². The molecule has 15 nitrogen and oxygen atoms in total. The highest BCUT2D eigenvalue weighted by atomic mass is 16.7. The summed E-state index contributed by atoms with van der Waals surface area (Å²) in [4.78, 5) is 33.8. The second-order valence-corrected chi connectivity index (χ2v) is 16.1. The van der Waals surface area contributed by atoms with E-state index in [0.717, 1.165) is 36.8 Å². The molecular formula is C49H58N4O11. The molecule has 0 saturated heterocycles. The lowest BCUT2D eigenvalue weighted by atomic mass is 9.55. The lowest BCUT2D eigenvalue weighted by molar-refractivity contribution is -0.384. The average molecular weight is 879 g/mol. The van der Waals surface area contributed by atoms with E-state index in [1.807, 2.05) is 18.2 Å². The zero-order valence-electron chi connectivity index (χ0n) is 36.1. The van der Waals surface area contributed by atoms with Gasteiger partial charge in [-0.15, -0.1) is 6.58 Å². The number of aliphatic hydroxyl groups excluding tert-OH is 3. The molecule has 1 saturated carbocycles. The number of fused-ring (bicyclic) bond motifs is 2. The first kappa shape index (κ1) is 47.6. The lowest BCUT2D eigenvalue weighted by Crippen LogP contribution is -2.70. The van der Waals surface area contributed by atoms with E-state index in [1.165, 1.54) is 12.1 Å². The molecule has 1 heterocycles. The molecule has 0 bridgehead atoms. The molecule has 1 amide bonds. The van der Waals surface area contributed by atoms with Gasteiger partial charge in [0.15, 0.2) is 0 Å². The number of nitro benzene ring substituents is 1. The number of ether oxygens (including phenoxy) is 4. The fraction of sp³-hybridized carbons (Fsp3) is 0.449. The van der Waals surface area contributed by atoms with Crippen LogP contribution in [-0.2, 0) is 20.9 Å². The molecule has 340 valence electrons. The number of carbonyl (C=O) groups excluding carboxylic acids is 1. The van der Waals surface area contributed by atoms with E-state index >= 15 is 4.79 Å². The van der Waals surface area contributed by atoms with Crippen LogP contribution in [0.1, 0.15) is 77.9 Å². The maximum atomic E-state index is 15.1. The second-order valence-electron chi connectivity index (χ2n) is 16.1. The van der Waals surface area contributed by atoms with Gasteiger partial charge in [0.1, 0.15) is 30.8 Å². The first-order valence-electron chi connectivity index (χ1n) is 21.9. The van der Waals surface area contributed by atoms with Crippen molar-refractivity contribution in [2.45, 2.75) is 69.3 Å². The number of rotatable bonds is 25. The maximum Gasteiger partial charge on any atom is 0.269 e. The van der Waals surface area contributed by atoms with Crippen molar-refractivity contribution < 1.29 is 48.8 Å². The van der Waals surface area contributed by atoms with Crippen LogP contribution in [0.15, 0.2) is 109 Å². The quantitative estimate of drug-likeness (QED) is 0.0340. The molecule has 2 aliphatic carbocycles. The Balaban J connectivity index is 1.59. The number of allylic oxidation sites excluding steroid dienone is 1. The molecule has 1 fully saturated rings. The minimum atomic E-state index is -1.55. The van der Waals surface area contributed by atoms with E-state index in [-0.39, 0.29) is 95.2 Å². The van der Waals surface area contributed by atoms with Crippen molar-refractivity contribution >= 4 is 17.3 Å². The maximum absolute atomic E-state index is 15.1. The molecule has 6 atom stereocenters. The molecule has 0 spiro atoms. The molecule has 3 N–H and O–H groups in total. The number of hydrogen-bond acceptors (Lipinski definition) is 13. The number of nitriles is 1. The molecule has 6 rings (SSSR count). The van der Waals surface area contributed by atoms with Gasteiger partial charge in [-0.05, 0) is 103 Å². The van der Waals surface area contributed by atoms with Gasteiger partial charge >= 0.3 is 0 Å². The third kappa shape index (κ3) is 10.9. The molecule has 0 radical (unpaired) electrons. The summed E-state index contributed by atoms with van der Waals surface area (Å²) in [7, 11) is 0. The van der Waals surface area contributed by atoms with Crippen LogP contribution in [0.5, 0.6) is 11.5 Å². The van der Waals surface area contributed by atoms with E-state index in [1.54, 1.807) is 53.5 Å². The smallest absolute Gasteiger partial charge is 0.269 e. The number of aliphatic hydroxyl groups is 3. The van der Waals surface area contributed by atoms with Crippen LogP contribution in [0, 0.1) is 39.2 Å². The SMILES string of the molecule is C=CCOc1ccc2c(c1)[C@H]1[C@H](CCCCO)[C@@H](CCCCO)C=C3C(=NOCc4ccc([N+](=O)[O-])cc4)C[C@H](N(CCOCCO)C(=O)c4ccc(C#N)cc4)[C@@](OCC=C)(O2)[C@H]31. The molecule has 0 unspecified atom stereocenters. The van der Waals surface area contributed by atoms with Crippen molar-refractivity contribution in [1.82, 2.24) is 4.90 Å². The third-order valence-corrected chi connectivity index (χ3v) is 12.2. The summed E-state index contributed by atoms with van der Waals surface area (Å²) in [6, 6.07) is 19.4. The fourth-order valence-electron chi connectivity index (χ4n) is 9.37. The number of nitro groups is 1. The van der Waals surface area contributed by atoms with Crippen molar-refractivity contribution in [3.05, 3.63) is 136 Å². The Morgan fingerprint density at radius 1 is 0.969 bits per heavy atom. The van der Waals surface area contributed by atoms with Gasteiger partial charge in [0.25, 0.3) is 11.6 Å². The molecule has 15 heteroatoms. The number of non-ortho nitro benzene ring substituents is 1. The van der Waals surface area contributed by atoms with Gasteiger partial charge in [-0.2, -0.15) is 5.26 Å². The van der Waals surface area contributed by atoms with Crippen LogP contribution in [0.25, 0.3) is 0 Å². The summed E-state index contributed by atoms with van der Waals surface area (Å²) in [5.74, 6) is -1.70. The van der Waals surface area contributed by atoms with Gasteiger partial charge in [0.2, 0.25) is 5.79 Å². The van der Waals surface area contributed by atoms with Gasteiger partial charge in [0.05, 0.1) is 54.6 Å². The number of carbonyl (C=O) groups is 1. The van der Waals surface area contributed by atoms with Crippen LogP contribution in [0.4, 0.5) is 5.69 Å². The average Bonchev–Trinajstić information content (AvgIpc) is 3.31. The highest BCUT2D eigenvalue weighted by molar-refractivity contribution is 6.03. The number of oxime groups is 1. The van der Waals surface area contributed by atoms with Crippen molar-refractivity contribution in [3.63, 3.8) is 0 Å². The summed E-state index contributed by atoms with van der Waals surface area (Å²) in [5, 5.41) is 55.2. The van der Waals surface area contributed by atoms with Crippen molar-refractivity contribution in [1.29, 1.82) is 5.26 Å². The minimum Gasteiger partial charge on any atom is -0.490 e. The van der Waals surface area contributed by atoms with Gasteiger partial charge in [-0.25, -0.2) is 0 Å². The standard InChI is InChI=1S/C49H58N4O11/c1-3-25-61-39-19-20-44-42(30-39)46-40(10-6-8-23-55)37(9-5-7-22-54)29-41-43(51-63-33-35-13-17-38(18-14-35)53(58)59)31-45(49(64-44,47(41)46)62-26-4-2)52(21-27-60-28-24-56)48(57)36-15-11-34(32-50)12-16-36/h3-4,11-20,29-30,37,40,45-47,54-56H,1-2,5-10,21-28,31,33H2/t37-,40+,45-,46+,47+,49+/m0/s1. The van der Waals surface area contributed by atoms with Crippen LogP contribution in [0.3, 0.4) is 0 Å². The molecular weight excluding hydrogens is 821 g/mol. The largest absolute Gasteiger partial charge is 0.490 e. The van der Waals surface area contributed by atoms with Crippen LogP contribution >= 0.6 is 0 Å². The van der Waals surface area contributed by atoms with Crippen molar-refractivity contribution in [2.75, 3.05) is 52.8 Å². The zero-order chi connectivity index (χ0) is 45.5. The third-order valence-electron chi connectivity index (χ3n) is 12.2. The normalized spacial score (nSPS) is 22.5. The number of amides is 1. The predicted octanol–water partition coefficient (Wildman–Crippen LogP) is 7.02. The van der Waals surface area contributed by atoms with Gasteiger partial charge in [-0.1, -0.05) is 42.8 Å². The number of hydrogen-bond donors (Lipinski definition) is 3. The highest BCUT2D eigenvalue weighted by Gasteiger charge is 2.65. The van der Waals surface area contributed by atoms with Gasteiger partial charge in [0, 0.05) is 55.4 Å². The second kappa shape index (κ2) is 23.2. The monoisotopic (exact) mass is 878 g/mol. The van der Waals surface area contributed by atoms with Crippen molar-refractivity contribution in [2.24, 2.45) is 22.9 Å². The Bertz CT molecular complexity index is 2170. The van der Waals surface area contributed by atoms with E-state index in [4.69, 9.17) is 28.9 Å². The van der Waals surface area contributed by atoms with Crippen LogP contribution in [0.2, 0.25) is 0 Å². The minimum absolute atomic E-state index is 0.00157. The lowest BCUT2D eigenvalue weighted by Gasteiger charge is -2.60. The highest BCUT2D eigenvalue weighted by Crippen LogP contribution is 2.62. The zero-order valence-corrected chi connectivity index (χ0v) is 36.1. The molecule has 64 heavy (non-hydrogen) atoms. The summed E-state index contributed by atoms with van der Waals surface area (Å²) in [6.45, 7) is 8.22. The Morgan fingerprint density at radius 2 is 1.70 bits per heavy atom. The van der Waals surface area contributed by atoms with Crippen LogP contribution in [-0.4, -0.2) is 101 Å². The Labute approximate surface area is 374 Å². The summed E-state index contributed by atoms with van der Waals surface area (Å²) < 4.78 is 26.2. The number of benzene rings is 3. The first-order chi connectivity index (χ1) is 31.2.